The maximum atomic E-state index is 9.17. The number of β-amino-alcohol motifs (C(OH)–C–C–N with tert-alkyl or cyclic N) is 1. The SMILES string of the molecule is COC1(OC)C=CC(C(c2ccccc2)N2CCN(CCO)CC2)=CC1. The normalized spacial score (nSPS) is 22.2. The van der Waals surface area contributed by atoms with Crippen molar-refractivity contribution in [3.63, 3.8) is 0 Å². The maximum Gasteiger partial charge on any atom is 0.190 e. The molecule has 1 heterocycles. The van der Waals surface area contributed by atoms with Gasteiger partial charge in [0.1, 0.15) is 0 Å². The summed E-state index contributed by atoms with van der Waals surface area (Å²) in [5, 5.41) is 9.17. The molecule has 0 saturated carbocycles. The number of rotatable bonds is 7. The van der Waals surface area contributed by atoms with Crippen molar-refractivity contribution >= 4 is 0 Å². The Balaban J connectivity index is 1.80. The number of ether oxygens (including phenoxy) is 2. The Bertz CT molecular complexity index is 617. The molecule has 1 aliphatic carbocycles. The first-order valence-corrected chi connectivity index (χ1v) is 9.33. The van der Waals surface area contributed by atoms with Gasteiger partial charge in [-0.05, 0) is 17.2 Å². The van der Waals surface area contributed by atoms with Crippen LogP contribution in [-0.2, 0) is 9.47 Å². The standard InChI is InChI=1S/C21H30N2O3/c1-25-21(26-2)10-8-19(9-11-21)20(18-6-4-3-5-7-18)23-14-12-22(13-15-23)16-17-24/h3-10,20,24H,11-17H2,1-2H3. The van der Waals surface area contributed by atoms with Gasteiger partial charge in [-0.15, -0.1) is 0 Å². The Kier molecular flexibility index (Phi) is 6.62. The zero-order valence-corrected chi connectivity index (χ0v) is 15.8. The lowest BCUT2D eigenvalue weighted by atomic mass is 9.90. The van der Waals surface area contributed by atoms with E-state index < -0.39 is 5.79 Å². The van der Waals surface area contributed by atoms with Gasteiger partial charge in [-0.25, -0.2) is 0 Å². The Morgan fingerprint density at radius 1 is 1.08 bits per heavy atom. The van der Waals surface area contributed by atoms with Gasteiger partial charge >= 0.3 is 0 Å². The minimum Gasteiger partial charge on any atom is -0.395 e. The third kappa shape index (κ3) is 4.24. The molecule has 1 atom stereocenters. The van der Waals surface area contributed by atoms with Crippen molar-refractivity contribution in [1.29, 1.82) is 0 Å². The summed E-state index contributed by atoms with van der Waals surface area (Å²) in [5.41, 5.74) is 2.60. The molecule has 26 heavy (non-hydrogen) atoms. The molecule has 3 rings (SSSR count). The van der Waals surface area contributed by atoms with E-state index in [1.165, 1.54) is 11.1 Å². The summed E-state index contributed by atoms with van der Waals surface area (Å²) in [7, 11) is 3.36. The molecule has 0 spiro atoms. The number of piperazine rings is 1. The van der Waals surface area contributed by atoms with E-state index in [0.717, 1.165) is 32.7 Å². The van der Waals surface area contributed by atoms with E-state index in [2.05, 4.69) is 52.3 Å². The van der Waals surface area contributed by atoms with Crippen molar-refractivity contribution in [2.45, 2.75) is 18.2 Å². The minimum absolute atomic E-state index is 0.228. The molecule has 142 valence electrons. The van der Waals surface area contributed by atoms with Crippen molar-refractivity contribution in [3.05, 3.63) is 59.7 Å². The zero-order valence-electron chi connectivity index (χ0n) is 15.8. The number of aliphatic hydroxyl groups is 1. The molecule has 0 bridgehead atoms. The average Bonchev–Trinajstić information content (AvgIpc) is 2.71. The third-order valence-electron chi connectivity index (χ3n) is 5.46. The number of aliphatic hydroxyl groups excluding tert-OH is 1. The van der Waals surface area contributed by atoms with Crippen LogP contribution in [0.25, 0.3) is 0 Å². The molecule has 0 radical (unpaired) electrons. The van der Waals surface area contributed by atoms with Crippen molar-refractivity contribution in [3.8, 4) is 0 Å². The Labute approximate surface area is 156 Å². The molecular formula is C21H30N2O3. The van der Waals surface area contributed by atoms with Crippen molar-refractivity contribution in [2.24, 2.45) is 0 Å². The van der Waals surface area contributed by atoms with Gasteiger partial charge in [0, 0.05) is 53.4 Å². The molecule has 5 heteroatoms. The quantitative estimate of drug-likeness (QED) is 0.757. The number of methoxy groups -OCH3 is 2. The first kappa shape index (κ1) is 19.3. The van der Waals surface area contributed by atoms with Crippen LogP contribution in [0.15, 0.2) is 54.1 Å². The Hall–Kier alpha value is -1.50. The molecule has 1 saturated heterocycles. The number of nitrogens with zero attached hydrogens (tertiary/aromatic N) is 2. The van der Waals surface area contributed by atoms with Crippen LogP contribution < -0.4 is 0 Å². The fourth-order valence-electron chi connectivity index (χ4n) is 3.84. The maximum absolute atomic E-state index is 9.17. The van der Waals surface area contributed by atoms with Crippen LogP contribution in [0, 0.1) is 0 Å². The monoisotopic (exact) mass is 358 g/mol. The lowest BCUT2D eigenvalue weighted by molar-refractivity contribution is -0.168. The summed E-state index contributed by atoms with van der Waals surface area (Å²) in [5.74, 6) is -0.648. The van der Waals surface area contributed by atoms with E-state index in [-0.39, 0.29) is 12.6 Å². The second kappa shape index (κ2) is 8.93. The molecule has 1 unspecified atom stereocenters. The molecule has 1 fully saturated rings. The molecule has 0 amide bonds. The highest BCUT2D eigenvalue weighted by molar-refractivity contribution is 5.37. The van der Waals surface area contributed by atoms with Gasteiger partial charge in [0.15, 0.2) is 5.79 Å². The molecule has 1 aromatic rings. The highest BCUT2D eigenvalue weighted by atomic mass is 16.7. The highest BCUT2D eigenvalue weighted by Crippen LogP contribution is 2.35. The first-order chi connectivity index (χ1) is 12.7. The van der Waals surface area contributed by atoms with Gasteiger partial charge in [0.05, 0.1) is 12.6 Å². The summed E-state index contributed by atoms with van der Waals surface area (Å²) in [4.78, 5) is 4.86. The van der Waals surface area contributed by atoms with Crippen LogP contribution in [-0.4, -0.2) is 74.2 Å². The van der Waals surface area contributed by atoms with Crippen LogP contribution in [0.1, 0.15) is 18.0 Å². The summed E-state index contributed by atoms with van der Waals surface area (Å²) in [6, 6.07) is 10.9. The van der Waals surface area contributed by atoms with E-state index in [1.807, 2.05) is 6.08 Å². The molecular weight excluding hydrogens is 328 g/mol. The average molecular weight is 358 g/mol. The van der Waals surface area contributed by atoms with Crippen LogP contribution in [0.2, 0.25) is 0 Å². The summed E-state index contributed by atoms with van der Waals surface area (Å²) in [6.45, 7) is 4.94. The minimum atomic E-state index is -0.648. The van der Waals surface area contributed by atoms with Gasteiger partial charge in [-0.1, -0.05) is 42.5 Å². The zero-order chi connectivity index (χ0) is 18.4. The lowest BCUT2D eigenvalue weighted by Crippen LogP contribution is -2.48. The van der Waals surface area contributed by atoms with Gasteiger partial charge in [0.25, 0.3) is 0 Å². The molecule has 1 aromatic carbocycles. The first-order valence-electron chi connectivity index (χ1n) is 9.33. The van der Waals surface area contributed by atoms with Gasteiger partial charge in [-0.2, -0.15) is 0 Å². The summed E-state index contributed by atoms with van der Waals surface area (Å²) >= 11 is 0. The molecule has 0 aromatic heterocycles. The van der Waals surface area contributed by atoms with Crippen LogP contribution in [0.4, 0.5) is 0 Å². The largest absolute Gasteiger partial charge is 0.395 e. The van der Waals surface area contributed by atoms with Gasteiger partial charge < -0.3 is 14.6 Å². The second-order valence-corrected chi connectivity index (χ2v) is 6.88. The fourth-order valence-corrected chi connectivity index (χ4v) is 3.84. The van der Waals surface area contributed by atoms with E-state index in [1.54, 1.807) is 14.2 Å². The Morgan fingerprint density at radius 2 is 1.77 bits per heavy atom. The topological polar surface area (TPSA) is 45.2 Å². The predicted molar refractivity (Wildman–Crippen MR) is 103 cm³/mol. The van der Waals surface area contributed by atoms with Crippen molar-refractivity contribution < 1.29 is 14.6 Å². The molecule has 2 aliphatic rings. The number of hydrogen-bond acceptors (Lipinski definition) is 5. The number of benzene rings is 1. The molecule has 1 N–H and O–H groups in total. The van der Waals surface area contributed by atoms with Crippen LogP contribution in [0.5, 0.6) is 0 Å². The summed E-state index contributed by atoms with van der Waals surface area (Å²) in [6.07, 6.45) is 7.12. The fraction of sp³-hybridized carbons (Fsp3) is 0.524. The lowest BCUT2D eigenvalue weighted by Gasteiger charge is -2.41. The van der Waals surface area contributed by atoms with E-state index in [9.17, 15) is 5.11 Å². The smallest absolute Gasteiger partial charge is 0.190 e. The third-order valence-corrected chi connectivity index (χ3v) is 5.46. The predicted octanol–water partition coefficient (Wildman–Crippen LogP) is 2.21. The van der Waals surface area contributed by atoms with E-state index in [4.69, 9.17) is 9.47 Å². The molecule has 5 nitrogen and oxygen atoms in total. The second-order valence-electron chi connectivity index (χ2n) is 6.88. The van der Waals surface area contributed by atoms with E-state index in [0.29, 0.717) is 6.42 Å². The van der Waals surface area contributed by atoms with E-state index >= 15 is 0 Å². The molecule has 1 aliphatic heterocycles. The highest BCUT2D eigenvalue weighted by Gasteiger charge is 2.32. The van der Waals surface area contributed by atoms with Crippen LogP contribution >= 0.6 is 0 Å². The Morgan fingerprint density at radius 3 is 2.31 bits per heavy atom. The number of hydrogen-bond donors (Lipinski definition) is 1. The summed E-state index contributed by atoms with van der Waals surface area (Å²) < 4.78 is 11.1. The van der Waals surface area contributed by atoms with Crippen molar-refractivity contribution in [1.82, 2.24) is 9.80 Å². The van der Waals surface area contributed by atoms with Gasteiger partial charge in [0.2, 0.25) is 0 Å². The van der Waals surface area contributed by atoms with Crippen LogP contribution in [0.3, 0.4) is 0 Å². The van der Waals surface area contributed by atoms with Gasteiger partial charge in [-0.3, -0.25) is 9.80 Å². The van der Waals surface area contributed by atoms with Crippen molar-refractivity contribution in [2.75, 3.05) is 53.6 Å².